The Morgan fingerprint density at radius 3 is 3.00 bits per heavy atom. The highest BCUT2D eigenvalue weighted by atomic mass is 35.5. The second-order valence-electron chi connectivity index (χ2n) is 4.10. The van der Waals surface area contributed by atoms with Crippen LogP contribution < -0.4 is 0 Å². The van der Waals surface area contributed by atoms with Gasteiger partial charge in [0.2, 0.25) is 0 Å². The SMILES string of the molecule is O=C(c1ccc2cccc(Cl)c2n1)N1CCCO1. The van der Waals surface area contributed by atoms with E-state index in [4.69, 9.17) is 16.4 Å². The average molecular weight is 263 g/mol. The van der Waals surface area contributed by atoms with Gasteiger partial charge >= 0.3 is 0 Å². The Balaban J connectivity index is 2.02. The zero-order valence-electron chi connectivity index (χ0n) is 9.60. The molecule has 0 atom stereocenters. The van der Waals surface area contributed by atoms with Crippen molar-refractivity contribution in [2.45, 2.75) is 6.42 Å². The summed E-state index contributed by atoms with van der Waals surface area (Å²) in [7, 11) is 0. The zero-order valence-corrected chi connectivity index (χ0v) is 10.4. The van der Waals surface area contributed by atoms with Crippen LogP contribution in [0.4, 0.5) is 0 Å². The van der Waals surface area contributed by atoms with E-state index in [0.29, 0.717) is 29.4 Å². The van der Waals surface area contributed by atoms with E-state index in [-0.39, 0.29) is 5.91 Å². The van der Waals surface area contributed by atoms with E-state index in [2.05, 4.69) is 4.98 Å². The molecule has 4 nitrogen and oxygen atoms in total. The number of halogens is 1. The van der Waals surface area contributed by atoms with Crippen LogP contribution in [0.25, 0.3) is 10.9 Å². The van der Waals surface area contributed by atoms with Gasteiger partial charge in [-0.25, -0.2) is 10.0 Å². The quantitative estimate of drug-likeness (QED) is 0.793. The Labute approximate surface area is 109 Å². The molecule has 1 aromatic heterocycles. The minimum atomic E-state index is -0.214. The van der Waals surface area contributed by atoms with Crippen LogP contribution in [0.2, 0.25) is 5.02 Å². The molecule has 0 radical (unpaired) electrons. The van der Waals surface area contributed by atoms with Gasteiger partial charge in [0.25, 0.3) is 5.91 Å². The number of carbonyl (C=O) groups is 1. The molecule has 0 saturated carbocycles. The molecule has 0 bridgehead atoms. The molecule has 0 N–H and O–H groups in total. The molecule has 2 heterocycles. The number of hydroxylamine groups is 2. The number of nitrogens with zero attached hydrogens (tertiary/aromatic N) is 2. The van der Waals surface area contributed by atoms with Crippen LogP contribution in [0.5, 0.6) is 0 Å². The molecule has 0 aliphatic carbocycles. The molecule has 3 rings (SSSR count). The molecule has 5 heteroatoms. The number of para-hydroxylation sites is 1. The minimum absolute atomic E-state index is 0.214. The molecule has 0 spiro atoms. The Morgan fingerprint density at radius 1 is 1.33 bits per heavy atom. The van der Waals surface area contributed by atoms with Crippen LogP contribution in [0.1, 0.15) is 16.9 Å². The van der Waals surface area contributed by atoms with Crippen molar-refractivity contribution in [2.75, 3.05) is 13.2 Å². The molecule has 1 aliphatic heterocycles. The van der Waals surface area contributed by atoms with Crippen molar-refractivity contribution in [1.82, 2.24) is 10.0 Å². The zero-order chi connectivity index (χ0) is 12.5. The molecular formula is C13H11ClN2O2. The second-order valence-corrected chi connectivity index (χ2v) is 4.51. The third-order valence-corrected chi connectivity index (χ3v) is 3.17. The summed E-state index contributed by atoms with van der Waals surface area (Å²) in [6, 6.07) is 9.07. The van der Waals surface area contributed by atoms with E-state index in [1.54, 1.807) is 12.1 Å². The number of aromatic nitrogens is 1. The molecule has 1 fully saturated rings. The van der Waals surface area contributed by atoms with Crippen molar-refractivity contribution >= 4 is 28.4 Å². The van der Waals surface area contributed by atoms with Gasteiger partial charge in [-0.05, 0) is 18.6 Å². The van der Waals surface area contributed by atoms with Gasteiger partial charge in [0.05, 0.1) is 23.7 Å². The third kappa shape index (κ3) is 1.94. The third-order valence-electron chi connectivity index (χ3n) is 2.87. The fourth-order valence-corrected chi connectivity index (χ4v) is 2.19. The Hall–Kier alpha value is -1.65. The van der Waals surface area contributed by atoms with Crippen molar-refractivity contribution in [2.24, 2.45) is 0 Å². The molecule has 1 amide bonds. The highest BCUT2D eigenvalue weighted by Crippen LogP contribution is 2.22. The maximum atomic E-state index is 12.1. The van der Waals surface area contributed by atoms with Gasteiger partial charge in [-0.1, -0.05) is 29.8 Å². The summed E-state index contributed by atoms with van der Waals surface area (Å²) in [6.45, 7) is 1.20. The first-order valence-corrected chi connectivity index (χ1v) is 6.13. The standard InChI is InChI=1S/C13H11ClN2O2/c14-10-4-1-3-9-5-6-11(15-12(9)10)13(17)16-7-2-8-18-16/h1,3-6H,2,7-8H2. The predicted molar refractivity (Wildman–Crippen MR) is 68.4 cm³/mol. The normalized spacial score (nSPS) is 15.3. The number of hydrogen-bond acceptors (Lipinski definition) is 3. The molecule has 2 aromatic rings. The van der Waals surface area contributed by atoms with Gasteiger partial charge in [-0.3, -0.25) is 9.63 Å². The van der Waals surface area contributed by atoms with Crippen LogP contribution in [0, 0.1) is 0 Å². The minimum Gasteiger partial charge on any atom is -0.271 e. The number of fused-ring (bicyclic) bond motifs is 1. The Kier molecular flexibility index (Phi) is 2.89. The monoisotopic (exact) mass is 262 g/mol. The topological polar surface area (TPSA) is 42.4 Å². The van der Waals surface area contributed by atoms with E-state index < -0.39 is 0 Å². The summed E-state index contributed by atoms with van der Waals surface area (Å²) in [6.07, 6.45) is 0.861. The first-order chi connectivity index (χ1) is 8.75. The number of hydrogen-bond donors (Lipinski definition) is 0. The van der Waals surface area contributed by atoms with E-state index in [0.717, 1.165) is 11.8 Å². The average Bonchev–Trinajstić information content (AvgIpc) is 2.92. The molecular weight excluding hydrogens is 252 g/mol. The van der Waals surface area contributed by atoms with Crippen molar-refractivity contribution in [3.63, 3.8) is 0 Å². The summed E-state index contributed by atoms with van der Waals surface area (Å²) in [5.74, 6) is -0.214. The van der Waals surface area contributed by atoms with Gasteiger partial charge < -0.3 is 0 Å². The van der Waals surface area contributed by atoms with Crippen molar-refractivity contribution < 1.29 is 9.63 Å². The Bertz CT molecular complexity index is 609. The molecule has 1 saturated heterocycles. The first-order valence-electron chi connectivity index (χ1n) is 5.76. The molecule has 92 valence electrons. The number of rotatable bonds is 1. The van der Waals surface area contributed by atoms with Gasteiger partial charge in [-0.2, -0.15) is 0 Å². The highest BCUT2D eigenvalue weighted by Gasteiger charge is 2.22. The first kappa shape index (κ1) is 11.4. The lowest BCUT2D eigenvalue weighted by atomic mass is 10.2. The van der Waals surface area contributed by atoms with E-state index in [1.165, 1.54) is 5.06 Å². The lowest BCUT2D eigenvalue weighted by Gasteiger charge is -2.13. The highest BCUT2D eigenvalue weighted by molar-refractivity contribution is 6.35. The number of amides is 1. The van der Waals surface area contributed by atoms with Gasteiger partial charge in [0.1, 0.15) is 5.69 Å². The van der Waals surface area contributed by atoms with Gasteiger partial charge in [0, 0.05) is 5.39 Å². The summed E-state index contributed by atoms with van der Waals surface area (Å²) in [5, 5.41) is 2.82. The lowest BCUT2D eigenvalue weighted by Crippen LogP contribution is -2.27. The van der Waals surface area contributed by atoms with Crippen molar-refractivity contribution in [3.05, 3.63) is 41.0 Å². The summed E-state index contributed by atoms with van der Waals surface area (Å²) in [4.78, 5) is 21.6. The summed E-state index contributed by atoms with van der Waals surface area (Å²) >= 11 is 6.07. The fourth-order valence-electron chi connectivity index (χ4n) is 1.97. The van der Waals surface area contributed by atoms with Crippen LogP contribution in [0.15, 0.2) is 30.3 Å². The number of benzene rings is 1. The largest absolute Gasteiger partial charge is 0.296 e. The fraction of sp³-hybridized carbons (Fsp3) is 0.231. The summed E-state index contributed by atoms with van der Waals surface area (Å²) < 4.78 is 0. The van der Waals surface area contributed by atoms with Crippen molar-refractivity contribution in [1.29, 1.82) is 0 Å². The second kappa shape index (κ2) is 4.55. The van der Waals surface area contributed by atoms with Gasteiger partial charge in [-0.15, -0.1) is 0 Å². The van der Waals surface area contributed by atoms with E-state index in [9.17, 15) is 4.79 Å². The van der Waals surface area contributed by atoms with Gasteiger partial charge in [0.15, 0.2) is 0 Å². The maximum Gasteiger partial charge on any atom is 0.296 e. The van der Waals surface area contributed by atoms with Crippen LogP contribution in [-0.2, 0) is 4.84 Å². The number of carbonyl (C=O) groups excluding carboxylic acids is 1. The summed E-state index contributed by atoms with van der Waals surface area (Å²) in [5.41, 5.74) is 1.00. The molecule has 0 unspecified atom stereocenters. The lowest BCUT2D eigenvalue weighted by molar-refractivity contribution is -0.0771. The maximum absolute atomic E-state index is 12.1. The molecule has 1 aliphatic rings. The van der Waals surface area contributed by atoms with Crippen LogP contribution >= 0.6 is 11.6 Å². The predicted octanol–water partition coefficient (Wildman–Crippen LogP) is 2.67. The molecule has 18 heavy (non-hydrogen) atoms. The van der Waals surface area contributed by atoms with E-state index in [1.807, 2.05) is 18.2 Å². The molecule has 1 aromatic carbocycles. The number of pyridine rings is 1. The Morgan fingerprint density at radius 2 is 2.22 bits per heavy atom. The van der Waals surface area contributed by atoms with Crippen molar-refractivity contribution in [3.8, 4) is 0 Å². The smallest absolute Gasteiger partial charge is 0.271 e. The van der Waals surface area contributed by atoms with Crippen LogP contribution in [-0.4, -0.2) is 29.1 Å². The van der Waals surface area contributed by atoms with Crippen LogP contribution in [0.3, 0.4) is 0 Å². The van der Waals surface area contributed by atoms with E-state index >= 15 is 0 Å².